The molecule has 0 aromatic heterocycles. The molecule has 1 aliphatic heterocycles. The molecule has 1 heterocycles. The molecule has 6 nitrogen and oxygen atoms in total. The number of ether oxygens (including phenoxy) is 2. The number of nitrogens with zero attached hydrogens (tertiary/aromatic N) is 1. The van der Waals surface area contributed by atoms with Crippen LogP contribution in [0.2, 0.25) is 0 Å². The summed E-state index contributed by atoms with van der Waals surface area (Å²) in [5.41, 5.74) is 0.794. The number of carbonyl (C=O) groups excluding carboxylic acids is 1. The maximum absolute atomic E-state index is 12.8. The Kier molecular flexibility index (Phi) is 5.58. The Labute approximate surface area is 164 Å². The van der Waals surface area contributed by atoms with Gasteiger partial charge in [-0.25, -0.2) is 4.79 Å². The topological polar surface area (TPSA) is 76.1 Å². The van der Waals surface area contributed by atoms with Gasteiger partial charge < -0.3 is 19.5 Å². The van der Waals surface area contributed by atoms with Gasteiger partial charge >= 0.3 is 5.97 Å². The third-order valence-electron chi connectivity index (χ3n) is 4.75. The van der Waals surface area contributed by atoms with Gasteiger partial charge in [-0.1, -0.05) is 18.2 Å². The van der Waals surface area contributed by atoms with Crippen LogP contribution in [0.3, 0.4) is 0 Å². The van der Waals surface area contributed by atoms with E-state index in [9.17, 15) is 14.7 Å². The minimum atomic E-state index is -1.04. The summed E-state index contributed by atoms with van der Waals surface area (Å²) >= 11 is 0. The second-order valence-electron chi connectivity index (χ2n) is 7.38. The van der Waals surface area contributed by atoms with Crippen LogP contribution in [0.5, 0.6) is 11.5 Å². The molecular weight excluding hydrogens is 358 g/mol. The zero-order chi connectivity index (χ0) is 20.3. The number of anilines is 1. The van der Waals surface area contributed by atoms with Crippen LogP contribution in [0.1, 0.15) is 42.6 Å². The lowest BCUT2D eigenvalue weighted by Gasteiger charge is -2.39. The van der Waals surface area contributed by atoms with E-state index in [2.05, 4.69) is 0 Å². The molecule has 0 saturated heterocycles. The Morgan fingerprint density at radius 3 is 2.64 bits per heavy atom. The minimum absolute atomic E-state index is 0.135. The van der Waals surface area contributed by atoms with Crippen LogP contribution >= 0.6 is 0 Å². The lowest BCUT2D eigenvalue weighted by atomic mass is 10.0. The standard InChI is InChI=1S/C22H25NO5/c1-15-8-4-5-9-18(15)27-13-7-6-12-23-17-11-10-16(20(24)25)14-19(17)28-22(2,3)21(23)26/h4-5,8-11,14H,6-7,12-13H2,1-3H3,(H,24,25). The zero-order valence-electron chi connectivity index (χ0n) is 16.4. The maximum atomic E-state index is 12.8. The zero-order valence-corrected chi connectivity index (χ0v) is 16.4. The summed E-state index contributed by atoms with van der Waals surface area (Å²) in [5.74, 6) is 0.127. The number of para-hydroxylation sites is 1. The Morgan fingerprint density at radius 1 is 1.18 bits per heavy atom. The quantitative estimate of drug-likeness (QED) is 0.730. The number of hydrogen-bond acceptors (Lipinski definition) is 4. The summed E-state index contributed by atoms with van der Waals surface area (Å²) in [4.78, 5) is 25.7. The van der Waals surface area contributed by atoms with E-state index in [1.165, 1.54) is 12.1 Å². The summed E-state index contributed by atoms with van der Waals surface area (Å²) in [6.07, 6.45) is 1.55. The van der Waals surface area contributed by atoms with Gasteiger partial charge in [-0.2, -0.15) is 0 Å². The van der Waals surface area contributed by atoms with Crippen LogP contribution in [0, 0.1) is 6.92 Å². The average molecular weight is 383 g/mol. The van der Waals surface area contributed by atoms with E-state index in [4.69, 9.17) is 9.47 Å². The Bertz CT molecular complexity index is 890. The number of unbranched alkanes of at least 4 members (excludes halogenated alkanes) is 1. The highest BCUT2D eigenvalue weighted by Crippen LogP contribution is 2.38. The molecule has 0 radical (unpaired) electrons. The average Bonchev–Trinajstić information content (AvgIpc) is 2.65. The van der Waals surface area contributed by atoms with Crippen molar-refractivity contribution in [2.24, 2.45) is 0 Å². The Hall–Kier alpha value is -3.02. The minimum Gasteiger partial charge on any atom is -0.493 e. The van der Waals surface area contributed by atoms with E-state index in [0.717, 1.165) is 24.2 Å². The van der Waals surface area contributed by atoms with Crippen molar-refractivity contribution in [1.82, 2.24) is 0 Å². The van der Waals surface area contributed by atoms with Crippen LogP contribution in [0.4, 0.5) is 5.69 Å². The van der Waals surface area contributed by atoms with Gasteiger partial charge in [0, 0.05) is 6.54 Å². The highest BCUT2D eigenvalue weighted by molar-refractivity contribution is 6.03. The normalized spacial score (nSPS) is 15.0. The predicted molar refractivity (Wildman–Crippen MR) is 106 cm³/mol. The van der Waals surface area contributed by atoms with Crippen molar-refractivity contribution < 1.29 is 24.2 Å². The van der Waals surface area contributed by atoms with Gasteiger partial charge in [-0.15, -0.1) is 0 Å². The third-order valence-corrected chi connectivity index (χ3v) is 4.75. The van der Waals surface area contributed by atoms with Crippen LogP contribution < -0.4 is 14.4 Å². The van der Waals surface area contributed by atoms with E-state index in [0.29, 0.717) is 24.6 Å². The van der Waals surface area contributed by atoms with Crippen molar-refractivity contribution in [2.45, 2.75) is 39.2 Å². The maximum Gasteiger partial charge on any atom is 0.335 e. The van der Waals surface area contributed by atoms with E-state index in [1.54, 1.807) is 24.8 Å². The van der Waals surface area contributed by atoms with Gasteiger partial charge in [0.25, 0.3) is 5.91 Å². The van der Waals surface area contributed by atoms with Gasteiger partial charge in [0.2, 0.25) is 0 Å². The fourth-order valence-electron chi connectivity index (χ4n) is 3.20. The molecule has 1 N–H and O–H groups in total. The number of carboxylic acids is 1. The molecule has 2 aromatic rings. The van der Waals surface area contributed by atoms with Gasteiger partial charge in [0.05, 0.1) is 17.9 Å². The van der Waals surface area contributed by atoms with Crippen LogP contribution in [-0.4, -0.2) is 35.7 Å². The Balaban J connectivity index is 1.65. The lowest BCUT2D eigenvalue weighted by Crippen LogP contribution is -2.52. The highest BCUT2D eigenvalue weighted by Gasteiger charge is 2.40. The number of rotatable bonds is 7. The molecular formula is C22H25NO5. The molecule has 0 atom stereocenters. The SMILES string of the molecule is Cc1ccccc1OCCCCN1C(=O)C(C)(C)Oc2cc(C(=O)O)ccc21. The van der Waals surface area contributed by atoms with Gasteiger partial charge in [0.15, 0.2) is 5.60 Å². The number of amides is 1. The van der Waals surface area contributed by atoms with Crippen LogP contribution in [-0.2, 0) is 4.79 Å². The van der Waals surface area contributed by atoms with Gasteiger partial charge in [-0.3, -0.25) is 4.79 Å². The summed E-state index contributed by atoms with van der Waals surface area (Å²) in [7, 11) is 0. The van der Waals surface area contributed by atoms with E-state index >= 15 is 0 Å². The highest BCUT2D eigenvalue weighted by atomic mass is 16.5. The first-order chi connectivity index (χ1) is 13.3. The van der Waals surface area contributed by atoms with Crippen molar-refractivity contribution in [2.75, 3.05) is 18.1 Å². The number of fused-ring (bicyclic) bond motifs is 1. The third kappa shape index (κ3) is 4.11. The molecule has 0 unspecified atom stereocenters. The molecule has 1 amide bonds. The molecule has 28 heavy (non-hydrogen) atoms. The monoisotopic (exact) mass is 383 g/mol. The fourth-order valence-corrected chi connectivity index (χ4v) is 3.20. The van der Waals surface area contributed by atoms with Crippen molar-refractivity contribution in [1.29, 1.82) is 0 Å². The number of hydrogen-bond donors (Lipinski definition) is 1. The largest absolute Gasteiger partial charge is 0.493 e. The number of aryl methyl sites for hydroxylation is 1. The van der Waals surface area contributed by atoms with Crippen molar-refractivity contribution >= 4 is 17.6 Å². The second kappa shape index (κ2) is 7.92. The van der Waals surface area contributed by atoms with Crippen molar-refractivity contribution in [3.63, 3.8) is 0 Å². The lowest BCUT2D eigenvalue weighted by molar-refractivity contribution is -0.132. The molecule has 0 spiro atoms. The Morgan fingerprint density at radius 2 is 1.93 bits per heavy atom. The molecule has 0 saturated carbocycles. The molecule has 6 heteroatoms. The summed E-state index contributed by atoms with van der Waals surface area (Å²) in [6, 6.07) is 12.5. The van der Waals surface area contributed by atoms with E-state index < -0.39 is 11.6 Å². The predicted octanol–water partition coefficient (Wildman–Crippen LogP) is 4.06. The smallest absolute Gasteiger partial charge is 0.335 e. The molecule has 0 bridgehead atoms. The molecule has 0 fully saturated rings. The molecule has 0 aliphatic carbocycles. The van der Waals surface area contributed by atoms with E-state index in [-0.39, 0.29) is 11.5 Å². The number of carboxylic acid groups (broad SMARTS) is 1. The van der Waals surface area contributed by atoms with Crippen molar-refractivity contribution in [3.8, 4) is 11.5 Å². The molecule has 148 valence electrons. The molecule has 2 aromatic carbocycles. The van der Waals surface area contributed by atoms with Gasteiger partial charge in [-0.05, 0) is 63.4 Å². The number of benzene rings is 2. The van der Waals surface area contributed by atoms with E-state index in [1.807, 2.05) is 31.2 Å². The molecule has 3 rings (SSSR count). The number of aromatic carboxylic acids is 1. The van der Waals surface area contributed by atoms with Crippen LogP contribution in [0.15, 0.2) is 42.5 Å². The summed E-state index contributed by atoms with van der Waals surface area (Å²) in [5, 5.41) is 9.20. The second-order valence-corrected chi connectivity index (χ2v) is 7.38. The first kappa shape index (κ1) is 19.7. The fraction of sp³-hybridized carbons (Fsp3) is 0.364. The first-order valence-corrected chi connectivity index (χ1v) is 9.36. The number of carbonyl (C=O) groups is 2. The van der Waals surface area contributed by atoms with Crippen LogP contribution in [0.25, 0.3) is 0 Å². The first-order valence-electron chi connectivity index (χ1n) is 9.36. The summed E-state index contributed by atoms with van der Waals surface area (Å²) < 4.78 is 11.6. The van der Waals surface area contributed by atoms with Crippen molar-refractivity contribution in [3.05, 3.63) is 53.6 Å². The van der Waals surface area contributed by atoms with Gasteiger partial charge in [0.1, 0.15) is 11.5 Å². The summed E-state index contributed by atoms with van der Waals surface area (Å²) in [6.45, 7) is 6.48. The molecule has 1 aliphatic rings.